The fraction of sp³-hybridized carbons (Fsp3) is 0.875. The number of hydrogen-bond donors (Lipinski definition) is 1. The molecule has 1 rings (SSSR count). The number of ketones is 1. The van der Waals surface area contributed by atoms with Gasteiger partial charge in [-0.05, 0) is 25.9 Å². The van der Waals surface area contributed by atoms with E-state index in [-0.39, 0.29) is 0 Å². The van der Waals surface area contributed by atoms with Crippen LogP contribution in [0.25, 0.3) is 0 Å². The number of nitrogens with zero attached hydrogens (tertiary/aromatic N) is 1. The average Bonchev–Trinajstić information content (AvgIpc) is 2.11. The van der Waals surface area contributed by atoms with E-state index in [1.165, 1.54) is 0 Å². The first-order valence-corrected chi connectivity index (χ1v) is 4.12. The van der Waals surface area contributed by atoms with Gasteiger partial charge < -0.3 is 5.73 Å². The molecule has 1 aliphatic heterocycles. The van der Waals surface area contributed by atoms with Crippen molar-refractivity contribution in [3.8, 4) is 0 Å². The molecule has 1 saturated heterocycles. The lowest BCUT2D eigenvalue weighted by Gasteiger charge is -2.16. The monoisotopic (exact) mass is 156 g/mol. The van der Waals surface area contributed by atoms with Crippen LogP contribution >= 0.6 is 0 Å². The van der Waals surface area contributed by atoms with Gasteiger partial charge in [-0.3, -0.25) is 9.69 Å². The van der Waals surface area contributed by atoms with Crippen molar-refractivity contribution in [3.05, 3.63) is 0 Å². The van der Waals surface area contributed by atoms with Gasteiger partial charge in [-0.2, -0.15) is 0 Å². The van der Waals surface area contributed by atoms with E-state index in [1.807, 2.05) is 7.05 Å². The molecule has 0 radical (unpaired) electrons. The Balaban J connectivity index is 2.46. The van der Waals surface area contributed by atoms with Crippen LogP contribution < -0.4 is 5.73 Å². The van der Waals surface area contributed by atoms with E-state index in [1.54, 1.807) is 0 Å². The Morgan fingerprint density at radius 2 is 2.45 bits per heavy atom. The number of rotatable bonds is 1. The molecule has 0 amide bonds. The predicted octanol–water partition coefficient (Wildman–Crippen LogP) is -0.144. The van der Waals surface area contributed by atoms with E-state index in [0.717, 1.165) is 13.0 Å². The highest BCUT2D eigenvalue weighted by atomic mass is 16.1. The quantitative estimate of drug-likeness (QED) is 0.574. The fourth-order valence-corrected chi connectivity index (χ4v) is 1.53. The summed E-state index contributed by atoms with van der Waals surface area (Å²) in [5, 5.41) is 0. The maximum atomic E-state index is 11.1. The lowest BCUT2D eigenvalue weighted by Crippen LogP contribution is -2.29. The molecule has 0 aliphatic carbocycles. The number of hydrogen-bond acceptors (Lipinski definition) is 3. The zero-order valence-corrected chi connectivity index (χ0v) is 7.05. The van der Waals surface area contributed by atoms with Crippen molar-refractivity contribution in [3.63, 3.8) is 0 Å². The molecule has 0 aromatic carbocycles. The maximum Gasteiger partial charge on any atom is 0.146 e. The molecule has 1 atom stereocenters. The first-order valence-electron chi connectivity index (χ1n) is 4.12. The van der Waals surface area contributed by atoms with Crippen LogP contribution in [0.1, 0.15) is 12.8 Å². The van der Waals surface area contributed by atoms with Crippen molar-refractivity contribution in [1.82, 2.24) is 4.90 Å². The highest BCUT2D eigenvalue weighted by molar-refractivity contribution is 5.80. The van der Waals surface area contributed by atoms with Gasteiger partial charge in [-0.1, -0.05) is 0 Å². The zero-order chi connectivity index (χ0) is 8.27. The zero-order valence-electron chi connectivity index (χ0n) is 7.05. The minimum absolute atomic E-state index is 0.350. The topological polar surface area (TPSA) is 46.3 Å². The summed E-state index contributed by atoms with van der Waals surface area (Å²) in [7, 11) is 1.98. The molecule has 0 bridgehead atoms. The number of likely N-dealkylation sites (tertiary alicyclic amines) is 1. The minimum Gasteiger partial charge on any atom is -0.330 e. The van der Waals surface area contributed by atoms with Crippen molar-refractivity contribution >= 4 is 5.78 Å². The van der Waals surface area contributed by atoms with Gasteiger partial charge in [0.2, 0.25) is 0 Å². The summed E-state index contributed by atoms with van der Waals surface area (Å²) >= 11 is 0. The minimum atomic E-state index is 0.350. The maximum absolute atomic E-state index is 11.1. The molecule has 1 heterocycles. The molecule has 3 heteroatoms. The number of nitrogens with two attached hydrogens (primary N) is 1. The molecule has 11 heavy (non-hydrogen) atoms. The Kier molecular flexibility index (Phi) is 3.02. The normalized spacial score (nSPS) is 28.5. The third-order valence-corrected chi connectivity index (χ3v) is 2.18. The van der Waals surface area contributed by atoms with Gasteiger partial charge in [-0.15, -0.1) is 0 Å². The summed E-state index contributed by atoms with van der Waals surface area (Å²) in [4.78, 5) is 13.1. The van der Waals surface area contributed by atoms with Gasteiger partial charge in [0, 0.05) is 13.0 Å². The first-order chi connectivity index (χ1) is 5.22. The van der Waals surface area contributed by atoms with Crippen molar-refractivity contribution in [1.29, 1.82) is 0 Å². The molecule has 1 fully saturated rings. The molecule has 1 unspecified atom stereocenters. The van der Waals surface area contributed by atoms with Gasteiger partial charge >= 0.3 is 0 Å². The third-order valence-electron chi connectivity index (χ3n) is 2.18. The molecular weight excluding hydrogens is 140 g/mol. The average molecular weight is 156 g/mol. The Hall–Kier alpha value is -0.410. The van der Waals surface area contributed by atoms with E-state index >= 15 is 0 Å². The van der Waals surface area contributed by atoms with Crippen molar-refractivity contribution in [2.24, 2.45) is 11.7 Å². The summed E-state index contributed by atoms with van der Waals surface area (Å²) in [5.41, 5.74) is 5.54. The second kappa shape index (κ2) is 3.83. The molecule has 0 aromatic heterocycles. The third kappa shape index (κ3) is 2.60. The molecule has 0 saturated carbocycles. The lowest BCUT2D eigenvalue weighted by atomic mass is 10.0. The van der Waals surface area contributed by atoms with Crippen molar-refractivity contribution in [2.75, 3.05) is 26.7 Å². The van der Waals surface area contributed by atoms with E-state index in [4.69, 9.17) is 5.73 Å². The van der Waals surface area contributed by atoms with Gasteiger partial charge in [0.05, 0.1) is 6.54 Å². The molecule has 1 aliphatic rings. The summed E-state index contributed by atoms with van der Waals surface area (Å²) in [6, 6.07) is 0. The van der Waals surface area contributed by atoms with Crippen LogP contribution in [0.2, 0.25) is 0 Å². The summed E-state index contributed by atoms with van der Waals surface area (Å²) in [6.07, 6.45) is 1.69. The van der Waals surface area contributed by atoms with Crippen LogP contribution in [-0.2, 0) is 4.79 Å². The number of Topliss-reactive ketones (excluding diaryl/α,β-unsaturated/α-hetero) is 1. The SMILES string of the molecule is CN1CC(=O)CCC(CN)C1. The number of carbonyl (C=O) groups is 1. The van der Waals surface area contributed by atoms with E-state index in [2.05, 4.69) is 4.90 Å². The Bertz CT molecular complexity index is 147. The predicted molar refractivity (Wildman–Crippen MR) is 44.3 cm³/mol. The molecule has 64 valence electrons. The van der Waals surface area contributed by atoms with Crippen LogP contribution in [0.15, 0.2) is 0 Å². The molecular formula is C8H16N2O. The Morgan fingerprint density at radius 1 is 1.73 bits per heavy atom. The first kappa shape index (κ1) is 8.68. The molecule has 2 N–H and O–H groups in total. The van der Waals surface area contributed by atoms with Crippen molar-refractivity contribution < 1.29 is 4.79 Å². The Labute approximate surface area is 67.5 Å². The van der Waals surface area contributed by atoms with Crippen LogP contribution in [0, 0.1) is 5.92 Å². The van der Waals surface area contributed by atoms with Crippen LogP contribution in [0.3, 0.4) is 0 Å². The van der Waals surface area contributed by atoms with E-state index < -0.39 is 0 Å². The van der Waals surface area contributed by atoms with E-state index in [0.29, 0.717) is 31.2 Å². The summed E-state index contributed by atoms with van der Waals surface area (Å²) < 4.78 is 0. The van der Waals surface area contributed by atoms with Gasteiger partial charge in [-0.25, -0.2) is 0 Å². The second-order valence-electron chi connectivity index (χ2n) is 3.38. The van der Waals surface area contributed by atoms with Crippen molar-refractivity contribution in [2.45, 2.75) is 12.8 Å². The highest BCUT2D eigenvalue weighted by Gasteiger charge is 2.18. The standard InChI is InChI=1S/C8H16N2O/c1-10-5-7(4-9)2-3-8(11)6-10/h7H,2-6,9H2,1H3. The molecule has 0 spiro atoms. The highest BCUT2D eigenvalue weighted by Crippen LogP contribution is 2.11. The van der Waals surface area contributed by atoms with Crippen LogP contribution in [0.5, 0.6) is 0 Å². The molecule has 0 aromatic rings. The second-order valence-corrected chi connectivity index (χ2v) is 3.38. The Morgan fingerprint density at radius 3 is 3.09 bits per heavy atom. The van der Waals surface area contributed by atoms with Crippen LogP contribution in [-0.4, -0.2) is 37.4 Å². The summed E-state index contributed by atoms with van der Waals surface area (Å²) in [6.45, 7) is 2.29. The number of likely N-dealkylation sites (N-methyl/N-ethyl adjacent to an activating group) is 1. The smallest absolute Gasteiger partial charge is 0.146 e. The lowest BCUT2D eigenvalue weighted by molar-refractivity contribution is -0.119. The van der Waals surface area contributed by atoms with Crippen LogP contribution in [0.4, 0.5) is 0 Å². The summed E-state index contributed by atoms with van der Waals surface area (Å²) in [5.74, 6) is 0.870. The van der Waals surface area contributed by atoms with Gasteiger partial charge in [0.15, 0.2) is 0 Å². The number of carbonyl (C=O) groups excluding carboxylic acids is 1. The molecule has 3 nitrogen and oxygen atoms in total. The van der Waals surface area contributed by atoms with E-state index in [9.17, 15) is 4.79 Å². The fourth-order valence-electron chi connectivity index (χ4n) is 1.53. The van der Waals surface area contributed by atoms with Gasteiger partial charge in [0.1, 0.15) is 5.78 Å². The van der Waals surface area contributed by atoms with Gasteiger partial charge in [0.25, 0.3) is 0 Å². The largest absolute Gasteiger partial charge is 0.330 e.